The lowest BCUT2D eigenvalue weighted by atomic mass is 10.1. The molecule has 96 valence electrons. The second kappa shape index (κ2) is 6.81. The van der Waals surface area contributed by atoms with Gasteiger partial charge in [0.1, 0.15) is 5.70 Å². The van der Waals surface area contributed by atoms with Gasteiger partial charge in [0.25, 0.3) is 5.91 Å². The van der Waals surface area contributed by atoms with Crippen LogP contribution in [0.2, 0.25) is 0 Å². The highest BCUT2D eigenvalue weighted by molar-refractivity contribution is 5.97. The van der Waals surface area contributed by atoms with Crippen LogP contribution in [0.3, 0.4) is 0 Å². The van der Waals surface area contributed by atoms with Crippen LogP contribution in [0, 0.1) is 11.3 Å². The van der Waals surface area contributed by atoms with Gasteiger partial charge in [-0.25, -0.2) is 5.06 Å². The van der Waals surface area contributed by atoms with Crippen molar-refractivity contribution < 1.29 is 9.63 Å². The van der Waals surface area contributed by atoms with Crippen molar-refractivity contribution in [1.29, 1.82) is 5.26 Å². The SMILES string of the molecule is CON(C)C(=O)/C(=C/c1ccccc1C#N)N=[N+]=[N-]. The highest BCUT2D eigenvalue weighted by Gasteiger charge is 2.14. The number of benzene rings is 1. The summed E-state index contributed by atoms with van der Waals surface area (Å²) in [5, 5.41) is 13.2. The van der Waals surface area contributed by atoms with Crippen LogP contribution in [-0.2, 0) is 9.63 Å². The Morgan fingerprint density at radius 1 is 1.58 bits per heavy atom. The third kappa shape index (κ3) is 3.57. The van der Waals surface area contributed by atoms with Crippen LogP contribution in [0.15, 0.2) is 35.1 Å². The first-order chi connectivity index (χ1) is 9.13. The summed E-state index contributed by atoms with van der Waals surface area (Å²) in [7, 11) is 2.70. The second-order valence-corrected chi connectivity index (χ2v) is 3.40. The van der Waals surface area contributed by atoms with Gasteiger partial charge in [0.15, 0.2) is 0 Å². The molecule has 0 unspecified atom stereocenters. The first kappa shape index (κ1) is 14.3. The number of carbonyl (C=O) groups is 1. The Morgan fingerprint density at radius 3 is 2.84 bits per heavy atom. The molecule has 1 aromatic carbocycles. The quantitative estimate of drug-likeness (QED) is 0.271. The van der Waals surface area contributed by atoms with E-state index in [2.05, 4.69) is 10.0 Å². The fourth-order valence-electron chi connectivity index (χ4n) is 1.30. The van der Waals surface area contributed by atoms with E-state index in [1.54, 1.807) is 24.3 Å². The van der Waals surface area contributed by atoms with Gasteiger partial charge in [0, 0.05) is 12.0 Å². The first-order valence-corrected chi connectivity index (χ1v) is 5.22. The normalized spacial score (nSPS) is 10.3. The number of azide groups is 1. The molecule has 1 aromatic rings. The summed E-state index contributed by atoms with van der Waals surface area (Å²) in [5.41, 5.74) is 9.19. The van der Waals surface area contributed by atoms with Crippen LogP contribution >= 0.6 is 0 Å². The first-order valence-electron chi connectivity index (χ1n) is 5.22. The second-order valence-electron chi connectivity index (χ2n) is 3.40. The number of nitriles is 1. The number of hydrogen-bond donors (Lipinski definition) is 0. The molecule has 0 saturated heterocycles. The van der Waals surface area contributed by atoms with Crippen molar-refractivity contribution in [3.05, 3.63) is 51.5 Å². The largest absolute Gasteiger partial charge is 0.279 e. The standard InChI is InChI=1S/C12H11N5O2/c1-17(19-2)12(18)11(15-16-14)7-9-5-3-4-6-10(9)8-13/h3-7H,1-2H3/b11-7-. The molecule has 19 heavy (non-hydrogen) atoms. The van der Waals surface area contributed by atoms with Crippen LogP contribution in [0.1, 0.15) is 11.1 Å². The molecule has 0 spiro atoms. The zero-order valence-corrected chi connectivity index (χ0v) is 10.4. The fourth-order valence-corrected chi connectivity index (χ4v) is 1.30. The molecule has 0 fully saturated rings. The minimum Gasteiger partial charge on any atom is -0.274 e. The molecule has 0 bridgehead atoms. The molecule has 7 heteroatoms. The molecule has 0 saturated carbocycles. The molecule has 0 aromatic heterocycles. The summed E-state index contributed by atoms with van der Waals surface area (Å²) < 4.78 is 0. The number of hydroxylamine groups is 2. The van der Waals surface area contributed by atoms with Crippen LogP contribution in [0.4, 0.5) is 0 Å². The molecule has 0 aliphatic heterocycles. The number of nitrogens with zero attached hydrogens (tertiary/aromatic N) is 5. The molecule has 1 amide bonds. The number of rotatable bonds is 4. The third-order valence-corrected chi connectivity index (χ3v) is 2.30. The van der Waals surface area contributed by atoms with E-state index < -0.39 is 5.91 Å². The zero-order chi connectivity index (χ0) is 14.3. The van der Waals surface area contributed by atoms with Gasteiger partial charge < -0.3 is 0 Å². The molecular formula is C12H11N5O2. The average Bonchev–Trinajstić information content (AvgIpc) is 2.45. The highest BCUT2D eigenvalue weighted by atomic mass is 16.7. The smallest absolute Gasteiger partial charge is 0.274 e. The molecule has 0 heterocycles. The molecule has 0 aliphatic rings. The highest BCUT2D eigenvalue weighted by Crippen LogP contribution is 2.14. The average molecular weight is 257 g/mol. The van der Waals surface area contributed by atoms with Crippen molar-refractivity contribution in [3.8, 4) is 6.07 Å². The number of carbonyl (C=O) groups excluding carboxylic acids is 1. The fraction of sp³-hybridized carbons (Fsp3) is 0.167. The lowest BCUT2D eigenvalue weighted by Gasteiger charge is -2.13. The predicted octanol–water partition coefficient (Wildman–Crippen LogP) is 2.23. The van der Waals surface area contributed by atoms with Gasteiger partial charge in [-0.2, -0.15) is 5.26 Å². The van der Waals surface area contributed by atoms with Gasteiger partial charge >= 0.3 is 0 Å². The minimum atomic E-state index is -0.604. The van der Waals surface area contributed by atoms with Crippen molar-refractivity contribution in [3.63, 3.8) is 0 Å². The van der Waals surface area contributed by atoms with E-state index in [1.807, 2.05) is 6.07 Å². The lowest BCUT2D eigenvalue weighted by molar-refractivity contribution is -0.163. The van der Waals surface area contributed by atoms with E-state index in [0.717, 1.165) is 5.06 Å². The van der Waals surface area contributed by atoms with Gasteiger partial charge in [0.2, 0.25) is 0 Å². The van der Waals surface area contributed by atoms with Gasteiger partial charge in [-0.3, -0.25) is 9.63 Å². The minimum absolute atomic E-state index is 0.158. The van der Waals surface area contributed by atoms with Gasteiger partial charge in [-0.1, -0.05) is 23.3 Å². The Bertz CT molecular complexity index is 596. The molecule has 1 rings (SSSR count). The Hall–Kier alpha value is -2.81. The molecule has 7 nitrogen and oxygen atoms in total. The maximum atomic E-state index is 11.9. The summed E-state index contributed by atoms with van der Waals surface area (Å²) >= 11 is 0. The van der Waals surface area contributed by atoms with Crippen LogP contribution in [-0.4, -0.2) is 25.1 Å². The number of amides is 1. The van der Waals surface area contributed by atoms with Crippen molar-refractivity contribution in [2.75, 3.05) is 14.2 Å². The van der Waals surface area contributed by atoms with Crippen LogP contribution < -0.4 is 0 Å². The van der Waals surface area contributed by atoms with Crippen LogP contribution in [0.5, 0.6) is 0 Å². The molecule has 0 atom stereocenters. The van der Waals surface area contributed by atoms with E-state index in [1.165, 1.54) is 20.2 Å². The Labute approximate surface area is 109 Å². The van der Waals surface area contributed by atoms with E-state index in [9.17, 15) is 4.79 Å². The van der Waals surface area contributed by atoms with Crippen molar-refractivity contribution in [2.45, 2.75) is 0 Å². The summed E-state index contributed by atoms with van der Waals surface area (Å²) in [6.45, 7) is 0. The van der Waals surface area contributed by atoms with Crippen molar-refractivity contribution >= 4 is 12.0 Å². The Balaban J connectivity index is 3.27. The molecular weight excluding hydrogens is 246 g/mol. The third-order valence-electron chi connectivity index (χ3n) is 2.30. The maximum absolute atomic E-state index is 11.9. The molecule has 0 N–H and O–H groups in total. The molecule has 0 aliphatic carbocycles. The lowest BCUT2D eigenvalue weighted by Crippen LogP contribution is -2.26. The summed E-state index contributed by atoms with van der Waals surface area (Å²) in [6, 6.07) is 8.65. The summed E-state index contributed by atoms with van der Waals surface area (Å²) in [5.74, 6) is -0.604. The van der Waals surface area contributed by atoms with Gasteiger partial charge in [0.05, 0.1) is 18.7 Å². The Morgan fingerprint density at radius 2 is 2.26 bits per heavy atom. The number of hydrogen-bond acceptors (Lipinski definition) is 4. The molecule has 0 radical (unpaired) electrons. The van der Waals surface area contributed by atoms with Crippen molar-refractivity contribution in [1.82, 2.24) is 5.06 Å². The zero-order valence-electron chi connectivity index (χ0n) is 10.4. The van der Waals surface area contributed by atoms with Crippen molar-refractivity contribution in [2.24, 2.45) is 5.11 Å². The van der Waals surface area contributed by atoms with E-state index >= 15 is 0 Å². The Kier molecular flexibility index (Phi) is 5.11. The van der Waals surface area contributed by atoms with E-state index in [0.29, 0.717) is 11.1 Å². The number of likely N-dealkylation sites (N-methyl/N-ethyl adjacent to an activating group) is 1. The monoisotopic (exact) mass is 257 g/mol. The van der Waals surface area contributed by atoms with Gasteiger partial charge in [-0.15, -0.1) is 0 Å². The van der Waals surface area contributed by atoms with Crippen LogP contribution in [0.25, 0.3) is 16.5 Å². The maximum Gasteiger partial charge on any atom is 0.279 e. The van der Waals surface area contributed by atoms with Gasteiger partial charge in [-0.05, 0) is 23.2 Å². The predicted molar refractivity (Wildman–Crippen MR) is 68.1 cm³/mol. The summed E-state index contributed by atoms with van der Waals surface area (Å²) in [4.78, 5) is 19.2. The summed E-state index contributed by atoms with van der Waals surface area (Å²) in [6.07, 6.45) is 1.34. The van der Waals surface area contributed by atoms with E-state index in [4.69, 9.17) is 15.6 Å². The van der Waals surface area contributed by atoms with E-state index in [-0.39, 0.29) is 5.70 Å². The topological polar surface area (TPSA) is 102 Å².